The molecular formula is C19H33N3O2. The van der Waals surface area contributed by atoms with Gasteiger partial charge in [0.2, 0.25) is 11.8 Å². The molecule has 0 bridgehead atoms. The molecule has 1 aliphatic carbocycles. The maximum absolute atomic E-state index is 12.0. The van der Waals surface area contributed by atoms with Gasteiger partial charge in [-0.3, -0.25) is 9.59 Å². The first kappa shape index (κ1) is 17.7. The van der Waals surface area contributed by atoms with Crippen LogP contribution in [0.25, 0.3) is 0 Å². The normalized spacial score (nSPS) is 24.0. The first-order valence-corrected chi connectivity index (χ1v) is 9.97. The van der Waals surface area contributed by atoms with Crippen molar-refractivity contribution in [3.8, 4) is 0 Å². The molecule has 3 aliphatic rings. The van der Waals surface area contributed by atoms with Gasteiger partial charge in [-0.25, -0.2) is 0 Å². The molecule has 0 unspecified atom stereocenters. The van der Waals surface area contributed by atoms with Gasteiger partial charge in [-0.15, -0.1) is 0 Å². The van der Waals surface area contributed by atoms with Crippen molar-refractivity contribution in [3.63, 3.8) is 0 Å². The minimum atomic E-state index is 0.261. The minimum absolute atomic E-state index is 0.261. The number of amides is 2. The second-order valence-electron chi connectivity index (χ2n) is 7.93. The number of nitrogens with zero attached hydrogens (tertiary/aromatic N) is 2. The van der Waals surface area contributed by atoms with Gasteiger partial charge in [-0.2, -0.15) is 0 Å². The van der Waals surface area contributed by atoms with E-state index >= 15 is 0 Å². The van der Waals surface area contributed by atoms with E-state index in [9.17, 15) is 9.59 Å². The summed E-state index contributed by atoms with van der Waals surface area (Å²) in [5.41, 5.74) is 0. The number of carbonyl (C=O) groups excluding carboxylic acids is 2. The van der Waals surface area contributed by atoms with Gasteiger partial charge < -0.3 is 15.1 Å². The maximum Gasteiger partial charge on any atom is 0.222 e. The number of rotatable bonds is 7. The van der Waals surface area contributed by atoms with Crippen LogP contribution in [0.3, 0.4) is 0 Å². The third-order valence-electron chi connectivity index (χ3n) is 6.10. The van der Waals surface area contributed by atoms with E-state index in [4.69, 9.17) is 0 Å². The Labute approximate surface area is 146 Å². The van der Waals surface area contributed by atoms with Gasteiger partial charge in [-0.05, 0) is 57.0 Å². The molecule has 136 valence electrons. The summed E-state index contributed by atoms with van der Waals surface area (Å²) in [4.78, 5) is 28.2. The molecule has 2 aliphatic heterocycles. The van der Waals surface area contributed by atoms with Gasteiger partial charge in [-0.1, -0.05) is 12.8 Å². The molecule has 1 saturated carbocycles. The highest BCUT2D eigenvalue weighted by Gasteiger charge is 2.24. The predicted molar refractivity (Wildman–Crippen MR) is 94.6 cm³/mol. The fraction of sp³-hybridized carbons (Fsp3) is 0.895. The number of nitrogens with one attached hydrogen (secondary N) is 1. The van der Waals surface area contributed by atoms with E-state index in [1.54, 1.807) is 0 Å². The number of piperidine rings is 1. The summed E-state index contributed by atoms with van der Waals surface area (Å²) in [6, 6.07) is 0. The van der Waals surface area contributed by atoms with Crippen LogP contribution in [0.2, 0.25) is 0 Å². The Kier molecular flexibility index (Phi) is 6.52. The Bertz CT molecular complexity index is 426. The highest BCUT2D eigenvalue weighted by molar-refractivity contribution is 5.78. The largest absolute Gasteiger partial charge is 0.356 e. The first-order valence-electron chi connectivity index (χ1n) is 9.97. The second kappa shape index (κ2) is 8.84. The zero-order chi connectivity index (χ0) is 16.8. The van der Waals surface area contributed by atoms with Crippen molar-refractivity contribution in [1.29, 1.82) is 0 Å². The highest BCUT2D eigenvalue weighted by atomic mass is 16.2. The molecule has 1 N–H and O–H groups in total. The van der Waals surface area contributed by atoms with Crippen LogP contribution in [0, 0.1) is 11.8 Å². The van der Waals surface area contributed by atoms with Gasteiger partial charge in [0.05, 0.1) is 0 Å². The van der Waals surface area contributed by atoms with E-state index < -0.39 is 0 Å². The Morgan fingerprint density at radius 1 is 0.958 bits per heavy atom. The molecule has 2 amide bonds. The molecule has 2 saturated heterocycles. The molecule has 0 radical (unpaired) electrons. The lowest BCUT2D eigenvalue weighted by Crippen LogP contribution is -2.42. The molecule has 24 heavy (non-hydrogen) atoms. The third-order valence-corrected chi connectivity index (χ3v) is 6.10. The van der Waals surface area contributed by atoms with Gasteiger partial charge in [0.15, 0.2) is 0 Å². The van der Waals surface area contributed by atoms with E-state index in [0.717, 1.165) is 71.4 Å². The van der Waals surface area contributed by atoms with Gasteiger partial charge in [0.25, 0.3) is 0 Å². The quantitative estimate of drug-likeness (QED) is 0.774. The van der Waals surface area contributed by atoms with Gasteiger partial charge in [0, 0.05) is 39.0 Å². The summed E-state index contributed by atoms with van der Waals surface area (Å²) in [7, 11) is 0. The van der Waals surface area contributed by atoms with Crippen LogP contribution in [-0.4, -0.2) is 60.9 Å². The van der Waals surface area contributed by atoms with Crippen molar-refractivity contribution in [3.05, 3.63) is 0 Å². The van der Waals surface area contributed by atoms with Crippen molar-refractivity contribution < 1.29 is 9.59 Å². The molecule has 0 spiro atoms. The van der Waals surface area contributed by atoms with Crippen molar-refractivity contribution in [2.75, 3.05) is 39.3 Å². The van der Waals surface area contributed by atoms with Crippen LogP contribution in [0.15, 0.2) is 0 Å². The SMILES string of the molecule is O=C(CC1CCCC1)NCC1CCN(CCN2CCCC2=O)CC1. The lowest BCUT2D eigenvalue weighted by molar-refractivity contribution is -0.128. The standard InChI is InChI=1S/C19H33N3O2/c23-18(14-16-4-1-2-5-16)20-15-17-7-10-21(11-8-17)12-13-22-9-3-6-19(22)24/h16-17H,1-15H2,(H,20,23). The zero-order valence-electron chi connectivity index (χ0n) is 15.0. The van der Waals surface area contributed by atoms with E-state index in [0.29, 0.717) is 17.7 Å². The molecule has 0 aromatic rings. The topological polar surface area (TPSA) is 52.7 Å². The first-order chi connectivity index (χ1) is 11.7. The summed E-state index contributed by atoms with van der Waals surface area (Å²) >= 11 is 0. The average Bonchev–Trinajstić information content (AvgIpc) is 3.24. The Balaban J connectivity index is 1.26. The monoisotopic (exact) mass is 335 g/mol. The van der Waals surface area contributed by atoms with Crippen LogP contribution in [0.5, 0.6) is 0 Å². The summed E-state index contributed by atoms with van der Waals surface area (Å²) in [5, 5.41) is 3.17. The highest BCUT2D eigenvalue weighted by Crippen LogP contribution is 2.27. The summed E-state index contributed by atoms with van der Waals surface area (Å²) < 4.78 is 0. The van der Waals surface area contributed by atoms with Gasteiger partial charge >= 0.3 is 0 Å². The molecular weight excluding hydrogens is 302 g/mol. The lowest BCUT2D eigenvalue weighted by Gasteiger charge is -2.33. The smallest absolute Gasteiger partial charge is 0.222 e. The number of hydrogen-bond donors (Lipinski definition) is 1. The maximum atomic E-state index is 12.0. The van der Waals surface area contributed by atoms with Crippen LogP contribution in [0.1, 0.15) is 57.8 Å². The Hall–Kier alpha value is -1.10. The molecule has 0 atom stereocenters. The fourth-order valence-electron chi connectivity index (χ4n) is 4.42. The molecule has 3 rings (SSSR count). The number of carbonyl (C=O) groups is 2. The predicted octanol–water partition coefficient (Wildman–Crippen LogP) is 2.02. The van der Waals surface area contributed by atoms with E-state index in [2.05, 4.69) is 10.2 Å². The van der Waals surface area contributed by atoms with Crippen LogP contribution < -0.4 is 5.32 Å². The van der Waals surface area contributed by atoms with Crippen LogP contribution in [0.4, 0.5) is 0 Å². The summed E-state index contributed by atoms with van der Waals surface area (Å²) in [5.74, 6) is 1.86. The second-order valence-corrected chi connectivity index (χ2v) is 7.93. The lowest BCUT2D eigenvalue weighted by atomic mass is 9.96. The van der Waals surface area contributed by atoms with Crippen molar-refractivity contribution in [2.24, 2.45) is 11.8 Å². The fourth-order valence-corrected chi connectivity index (χ4v) is 4.42. The van der Waals surface area contributed by atoms with Crippen molar-refractivity contribution in [1.82, 2.24) is 15.1 Å². The number of hydrogen-bond acceptors (Lipinski definition) is 3. The number of likely N-dealkylation sites (tertiary alicyclic amines) is 2. The van der Waals surface area contributed by atoms with Crippen LogP contribution >= 0.6 is 0 Å². The summed E-state index contributed by atoms with van der Waals surface area (Å²) in [6.07, 6.45) is 9.93. The zero-order valence-corrected chi connectivity index (χ0v) is 15.0. The van der Waals surface area contributed by atoms with Crippen molar-refractivity contribution in [2.45, 2.75) is 57.8 Å². The molecule has 0 aromatic heterocycles. The molecule has 3 fully saturated rings. The molecule has 2 heterocycles. The Morgan fingerprint density at radius 3 is 2.38 bits per heavy atom. The van der Waals surface area contributed by atoms with E-state index in [1.165, 1.54) is 25.7 Å². The van der Waals surface area contributed by atoms with Gasteiger partial charge in [0.1, 0.15) is 0 Å². The van der Waals surface area contributed by atoms with E-state index in [-0.39, 0.29) is 5.91 Å². The molecule has 5 nitrogen and oxygen atoms in total. The summed E-state index contributed by atoms with van der Waals surface area (Å²) in [6.45, 7) is 5.90. The third kappa shape index (κ3) is 5.20. The minimum Gasteiger partial charge on any atom is -0.356 e. The molecule has 0 aromatic carbocycles. The van der Waals surface area contributed by atoms with Crippen molar-refractivity contribution >= 4 is 11.8 Å². The van der Waals surface area contributed by atoms with Crippen LogP contribution in [-0.2, 0) is 9.59 Å². The van der Waals surface area contributed by atoms with E-state index in [1.807, 2.05) is 4.90 Å². The molecule has 5 heteroatoms. The average molecular weight is 335 g/mol. The Morgan fingerprint density at radius 2 is 1.71 bits per heavy atom.